The molecule has 0 atom stereocenters. The summed E-state index contributed by atoms with van der Waals surface area (Å²) >= 11 is 0. The fourth-order valence-electron chi connectivity index (χ4n) is 3.34. The molecule has 0 aliphatic carbocycles. The molecule has 0 spiro atoms. The second kappa shape index (κ2) is 8.46. The first kappa shape index (κ1) is 19.7. The summed E-state index contributed by atoms with van der Waals surface area (Å²) in [4.78, 5) is 29.5. The van der Waals surface area contributed by atoms with Gasteiger partial charge in [0.1, 0.15) is 32.1 Å². The van der Waals surface area contributed by atoms with Gasteiger partial charge in [0.05, 0.1) is 0 Å². The van der Waals surface area contributed by atoms with Crippen LogP contribution in [0.5, 0.6) is 23.0 Å². The van der Waals surface area contributed by atoms with Crippen molar-refractivity contribution in [1.82, 2.24) is 4.98 Å². The van der Waals surface area contributed by atoms with Crippen LogP contribution >= 0.6 is 0 Å². The smallest absolute Gasteiger partial charge is 0.274 e. The fourth-order valence-corrected chi connectivity index (χ4v) is 3.34. The molecule has 9 heteroatoms. The summed E-state index contributed by atoms with van der Waals surface area (Å²) in [6.45, 7) is 1.89. The van der Waals surface area contributed by atoms with Gasteiger partial charge in [-0.15, -0.1) is 0 Å². The number of benzene rings is 2. The fraction of sp³-hybridized carbons (Fsp3) is 0.174. The lowest BCUT2D eigenvalue weighted by molar-refractivity contribution is 0.102. The van der Waals surface area contributed by atoms with Crippen LogP contribution in [-0.2, 0) is 0 Å². The van der Waals surface area contributed by atoms with E-state index in [1.807, 2.05) is 0 Å². The molecular weight excluding hydrogens is 414 g/mol. The van der Waals surface area contributed by atoms with E-state index in [-0.39, 0.29) is 11.6 Å². The van der Waals surface area contributed by atoms with Gasteiger partial charge in [-0.25, -0.2) is 0 Å². The van der Waals surface area contributed by atoms with Gasteiger partial charge in [0.2, 0.25) is 0 Å². The van der Waals surface area contributed by atoms with Crippen molar-refractivity contribution in [3.8, 4) is 23.0 Å². The van der Waals surface area contributed by atoms with E-state index in [0.29, 0.717) is 66.4 Å². The Morgan fingerprint density at radius 2 is 1.19 bits per heavy atom. The van der Waals surface area contributed by atoms with Crippen molar-refractivity contribution < 1.29 is 28.5 Å². The number of hydrogen-bond donors (Lipinski definition) is 2. The summed E-state index contributed by atoms with van der Waals surface area (Å²) in [5.74, 6) is 1.58. The van der Waals surface area contributed by atoms with Crippen LogP contribution in [-0.4, -0.2) is 43.2 Å². The van der Waals surface area contributed by atoms with Gasteiger partial charge in [0.25, 0.3) is 11.8 Å². The number of anilines is 2. The maximum atomic E-state index is 12.7. The van der Waals surface area contributed by atoms with Crippen molar-refractivity contribution in [3.05, 3.63) is 66.0 Å². The molecule has 1 aromatic heterocycles. The molecule has 0 unspecified atom stereocenters. The van der Waals surface area contributed by atoms with Crippen LogP contribution in [0, 0.1) is 0 Å². The molecule has 32 heavy (non-hydrogen) atoms. The van der Waals surface area contributed by atoms with E-state index in [1.165, 1.54) is 18.3 Å². The van der Waals surface area contributed by atoms with Crippen LogP contribution in [0.1, 0.15) is 20.8 Å². The molecule has 2 N–H and O–H groups in total. The highest BCUT2D eigenvalue weighted by molar-refractivity contribution is 6.08. The average Bonchev–Trinajstić information content (AvgIpc) is 2.84. The number of carbonyl (C=O) groups excluding carboxylic acids is 2. The number of amides is 2. The van der Waals surface area contributed by atoms with Crippen LogP contribution in [0.3, 0.4) is 0 Å². The largest absolute Gasteiger partial charge is 0.486 e. The third-order valence-corrected chi connectivity index (χ3v) is 4.85. The van der Waals surface area contributed by atoms with Crippen LogP contribution in [0.2, 0.25) is 0 Å². The van der Waals surface area contributed by atoms with Gasteiger partial charge < -0.3 is 29.6 Å². The first-order valence-electron chi connectivity index (χ1n) is 10.0. The first-order valence-corrected chi connectivity index (χ1v) is 10.0. The van der Waals surface area contributed by atoms with Gasteiger partial charge in [-0.3, -0.25) is 14.6 Å². The Morgan fingerprint density at radius 1 is 0.656 bits per heavy atom. The summed E-state index contributed by atoms with van der Waals surface area (Å²) in [5, 5.41) is 5.55. The minimum atomic E-state index is -0.448. The highest BCUT2D eigenvalue weighted by Gasteiger charge is 2.17. The lowest BCUT2D eigenvalue weighted by Crippen LogP contribution is -2.18. The van der Waals surface area contributed by atoms with Gasteiger partial charge in [0.15, 0.2) is 23.0 Å². The molecule has 162 valence electrons. The summed E-state index contributed by atoms with van der Waals surface area (Å²) < 4.78 is 22.0. The Kier molecular flexibility index (Phi) is 5.20. The maximum Gasteiger partial charge on any atom is 0.274 e. The monoisotopic (exact) mass is 433 g/mol. The summed E-state index contributed by atoms with van der Waals surface area (Å²) in [6.07, 6.45) is 1.41. The zero-order chi connectivity index (χ0) is 21.9. The van der Waals surface area contributed by atoms with E-state index in [9.17, 15) is 9.59 Å². The number of pyridine rings is 1. The molecule has 3 heterocycles. The van der Waals surface area contributed by atoms with E-state index >= 15 is 0 Å². The van der Waals surface area contributed by atoms with Gasteiger partial charge in [-0.2, -0.15) is 0 Å². The molecule has 9 nitrogen and oxygen atoms in total. The molecule has 5 rings (SSSR count). The second-order valence-corrected chi connectivity index (χ2v) is 7.05. The van der Waals surface area contributed by atoms with Crippen LogP contribution in [0.15, 0.2) is 54.7 Å². The topological polar surface area (TPSA) is 108 Å². The molecule has 3 aromatic rings. The number of hydrogen-bond acceptors (Lipinski definition) is 7. The molecule has 2 amide bonds. The number of ether oxygens (including phenoxy) is 4. The molecule has 2 aliphatic rings. The standard InChI is InChI=1S/C23H19N3O6/c27-22(25-15-1-3-18-20(12-15)31-9-7-29-18)14-5-6-24-17(11-14)23(28)26-16-2-4-19-21(13-16)32-10-8-30-19/h1-6,11-13H,7-10H2,(H,25,27)(H,26,28). The number of nitrogens with zero attached hydrogens (tertiary/aromatic N) is 1. The summed E-state index contributed by atoms with van der Waals surface area (Å²) in [7, 11) is 0. The van der Waals surface area contributed by atoms with E-state index in [4.69, 9.17) is 18.9 Å². The van der Waals surface area contributed by atoms with Crippen LogP contribution in [0.25, 0.3) is 0 Å². The Morgan fingerprint density at radius 3 is 1.78 bits per heavy atom. The third kappa shape index (κ3) is 4.13. The maximum absolute atomic E-state index is 12.7. The second-order valence-electron chi connectivity index (χ2n) is 7.05. The molecule has 0 fully saturated rings. The Hall–Kier alpha value is -4.27. The van der Waals surface area contributed by atoms with Gasteiger partial charge in [0, 0.05) is 35.3 Å². The Labute approximate surface area is 183 Å². The molecule has 0 radical (unpaired) electrons. The molecule has 0 saturated carbocycles. The highest BCUT2D eigenvalue weighted by atomic mass is 16.6. The molecule has 2 aromatic carbocycles. The lowest BCUT2D eigenvalue weighted by Gasteiger charge is -2.19. The van der Waals surface area contributed by atoms with E-state index in [2.05, 4.69) is 15.6 Å². The predicted molar refractivity (Wildman–Crippen MR) is 115 cm³/mol. The first-order chi connectivity index (χ1) is 15.7. The number of rotatable bonds is 4. The van der Waals surface area contributed by atoms with E-state index in [1.54, 1.807) is 36.4 Å². The zero-order valence-electron chi connectivity index (χ0n) is 16.9. The summed E-state index contributed by atoms with van der Waals surface area (Å²) in [6, 6.07) is 13.3. The molecule has 0 saturated heterocycles. The van der Waals surface area contributed by atoms with E-state index in [0.717, 1.165) is 0 Å². The minimum absolute atomic E-state index is 0.106. The quantitative estimate of drug-likeness (QED) is 0.651. The van der Waals surface area contributed by atoms with Gasteiger partial charge in [-0.1, -0.05) is 0 Å². The number of nitrogens with one attached hydrogen (secondary N) is 2. The molecule has 2 aliphatic heterocycles. The SMILES string of the molecule is O=C(Nc1ccc2c(c1)OCCO2)c1ccnc(C(=O)Nc2ccc3c(c2)OCCO3)c1. The van der Waals surface area contributed by atoms with Crippen molar-refractivity contribution in [3.63, 3.8) is 0 Å². The predicted octanol–water partition coefficient (Wildman–Crippen LogP) is 3.13. The van der Waals surface area contributed by atoms with Gasteiger partial charge >= 0.3 is 0 Å². The molecule has 0 bridgehead atoms. The number of carbonyl (C=O) groups is 2. The van der Waals surface area contributed by atoms with Crippen LogP contribution in [0.4, 0.5) is 11.4 Å². The van der Waals surface area contributed by atoms with Crippen molar-refractivity contribution in [2.45, 2.75) is 0 Å². The highest BCUT2D eigenvalue weighted by Crippen LogP contribution is 2.33. The zero-order valence-corrected chi connectivity index (χ0v) is 16.9. The van der Waals surface area contributed by atoms with Crippen molar-refractivity contribution in [2.75, 3.05) is 37.1 Å². The average molecular weight is 433 g/mol. The lowest BCUT2D eigenvalue weighted by atomic mass is 10.2. The Bertz CT molecular complexity index is 1110. The number of fused-ring (bicyclic) bond motifs is 2. The third-order valence-electron chi connectivity index (χ3n) is 4.85. The van der Waals surface area contributed by atoms with Crippen LogP contribution < -0.4 is 29.6 Å². The normalized spacial score (nSPS) is 13.8. The van der Waals surface area contributed by atoms with Crippen molar-refractivity contribution in [2.24, 2.45) is 0 Å². The molecular formula is C23H19N3O6. The summed E-state index contributed by atoms with van der Waals surface area (Å²) in [5.41, 5.74) is 1.49. The van der Waals surface area contributed by atoms with Crippen molar-refractivity contribution in [1.29, 1.82) is 0 Å². The minimum Gasteiger partial charge on any atom is -0.486 e. The van der Waals surface area contributed by atoms with Gasteiger partial charge in [-0.05, 0) is 36.4 Å². The van der Waals surface area contributed by atoms with Crippen molar-refractivity contribution >= 4 is 23.2 Å². The Balaban J connectivity index is 1.28. The van der Waals surface area contributed by atoms with E-state index < -0.39 is 5.91 Å². The number of aromatic nitrogens is 1.